The number of amides is 1. The van der Waals surface area contributed by atoms with Crippen molar-refractivity contribution < 1.29 is 19.7 Å². The van der Waals surface area contributed by atoms with Crippen molar-refractivity contribution in [3.05, 3.63) is 84.4 Å². The van der Waals surface area contributed by atoms with Gasteiger partial charge in [0, 0.05) is 13.1 Å². The maximum atomic E-state index is 12.3. The molecule has 0 saturated carbocycles. The molecule has 10 nitrogen and oxygen atoms in total. The molecule has 0 spiro atoms. The van der Waals surface area contributed by atoms with Crippen molar-refractivity contribution in [1.82, 2.24) is 24.8 Å². The number of carbonyl (C=O) groups excluding carboxylic acids is 1. The molecule has 35 heavy (non-hydrogen) atoms. The van der Waals surface area contributed by atoms with Crippen molar-refractivity contribution >= 4 is 22.9 Å². The van der Waals surface area contributed by atoms with E-state index in [1.165, 1.54) is 12.7 Å². The Morgan fingerprint density at radius 2 is 1.66 bits per heavy atom. The third-order valence-electron chi connectivity index (χ3n) is 5.98. The minimum Gasteiger partial charge on any atom is -0.387 e. The predicted octanol–water partition coefficient (Wildman–Crippen LogP) is 1.42. The van der Waals surface area contributed by atoms with Gasteiger partial charge in [-0.3, -0.25) is 9.36 Å². The van der Waals surface area contributed by atoms with E-state index < -0.39 is 24.5 Å². The smallest absolute Gasteiger partial charge is 0.224 e. The minimum atomic E-state index is -1.22. The molecule has 4 N–H and O–H groups in total. The van der Waals surface area contributed by atoms with Crippen LogP contribution in [0.3, 0.4) is 0 Å². The lowest BCUT2D eigenvalue weighted by Crippen LogP contribution is -2.40. The van der Waals surface area contributed by atoms with Gasteiger partial charge < -0.3 is 25.6 Å². The molecule has 10 heteroatoms. The van der Waals surface area contributed by atoms with Crippen LogP contribution in [0.2, 0.25) is 0 Å². The quantitative estimate of drug-likeness (QED) is 0.301. The zero-order valence-electron chi connectivity index (χ0n) is 18.9. The van der Waals surface area contributed by atoms with E-state index >= 15 is 0 Å². The van der Waals surface area contributed by atoms with E-state index in [2.05, 4.69) is 25.6 Å². The van der Waals surface area contributed by atoms with Crippen molar-refractivity contribution in [3.8, 4) is 0 Å². The van der Waals surface area contributed by atoms with Gasteiger partial charge >= 0.3 is 0 Å². The Morgan fingerprint density at radius 1 is 0.943 bits per heavy atom. The molecule has 4 aromatic rings. The van der Waals surface area contributed by atoms with Gasteiger partial charge in [-0.1, -0.05) is 60.7 Å². The summed E-state index contributed by atoms with van der Waals surface area (Å²) in [6.07, 6.45) is -0.979. The second-order valence-electron chi connectivity index (χ2n) is 8.40. The predicted molar refractivity (Wildman–Crippen MR) is 128 cm³/mol. The molecule has 2 aromatic carbocycles. The highest BCUT2D eigenvalue weighted by Gasteiger charge is 2.44. The second-order valence-corrected chi connectivity index (χ2v) is 8.40. The summed E-state index contributed by atoms with van der Waals surface area (Å²) in [6.45, 7) is 0.623. The molecule has 5 rings (SSSR count). The number of nitrogens with zero attached hydrogens (tertiary/aromatic N) is 4. The summed E-state index contributed by atoms with van der Waals surface area (Å²) in [5.41, 5.74) is 2.96. The molecule has 1 fully saturated rings. The van der Waals surface area contributed by atoms with Crippen LogP contribution in [0.25, 0.3) is 11.2 Å². The summed E-state index contributed by atoms with van der Waals surface area (Å²) >= 11 is 0. The highest BCUT2D eigenvalue weighted by atomic mass is 16.6. The van der Waals surface area contributed by atoms with E-state index in [1.54, 1.807) is 4.57 Å². The average molecular weight is 475 g/mol. The number of benzene rings is 2. The molecule has 180 valence electrons. The Balaban J connectivity index is 1.26. The molecular formula is C25H26N6O4. The van der Waals surface area contributed by atoms with Crippen molar-refractivity contribution in [1.29, 1.82) is 0 Å². The topological polar surface area (TPSA) is 134 Å². The molecule has 0 radical (unpaired) electrons. The number of fused-ring (bicyclic) bond motifs is 1. The van der Waals surface area contributed by atoms with Gasteiger partial charge in [-0.05, 0) is 11.1 Å². The maximum absolute atomic E-state index is 12.3. The van der Waals surface area contributed by atoms with Gasteiger partial charge in [0.15, 0.2) is 23.2 Å². The first-order valence-electron chi connectivity index (χ1n) is 11.4. The van der Waals surface area contributed by atoms with E-state index in [0.717, 1.165) is 11.1 Å². The first-order chi connectivity index (χ1) is 17.1. The molecule has 0 bridgehead atoms. The third-order valence-corrected chi connectivity index (χ3v) is 5.98. The highest BCUT2D eigenvalue weighted by molar-refractivity contribution is 5.82. The van der Waals surface area contributed by atoms with Crippen molar-refractivity contribution in [2.45, 2.75) is 37.5 Å². The summed E-state index contributed by atoms with van der Waals surface area (Å²) in [4.78, 5) is 25.3. The van der Waals surface area contributed by atoms with E-state index in [0.29, 0.717) is 23.5 Å². The van der Waals surface area contributed by atoms with Crippen LogP contribution in [0.15, 0.2) is 73.3 Å². The van der Waals surface area contributed by atoms with Crippen LogP contribution in [0.5, 0.6) is 0 Å². The second kappa shape index (κ2) is 10.2. The average Bonchev–Trinajstić information content (AvgIpc) is 3.44. The number of aromatic nitrogens is 4. The lowest BCUT2D eigenvalue weighted by molar-refractivity contribution is -0.121. The van der Waals surface area contributed by atoms with Crippen LogP contribution in [0.1, 0.15) is 17.4 Å². The van der Waals surface area contributed by atoms with E-state index in [1.807, 2.05) is 60.7 Å². The summed E-state index contributed by atoms with van der Waals surface area (Å²) in [5.74, 6) is 0.357. The minimum absolute atomic E-state index is 0.0614. The van der Waals surface area contributed by atoms with Gasteiger partial charge in [-0.2, -0.15) is 0 Å². The van der Waals surface area contributed by atoms with Gasteiger partial charge in [0.05, 0.1) is 12.7 Å². The van der Waals surface area contributed by atoms with Crippen LogP contribution in [0, 0.1) is 0 Å². The van der Waals surface area contributed by atoms with Gasteiger partial charge in [-0.25, -0.2) is 15.0 Å². The number of hydrogen-bond donors (Lipinski definition) is 4. The first kappa shape index (κ1) is 22.9. The fraction of sp³-hybridized carbons (Fsp3) is 0.280. The largest absolute Gasteiger partial charge is 0.387 e. The number of aliphatic hydroxyl groups is 2. The van der Waals surface area contributed by atoms with Gasteiger partial charge in [0.25, 0.3) is 0 Å². The number of imidazole rings is 1. The number of rotatable bonds is 8. The van der Waals surface area contributed by atoms with Crippen molar-refractivity contribution in [2.24, 2.45) is 0 Å². The van der Waals surface area contributed by atoms with E-state index in [9.17, 15) is 15.0 Å². The first-order valence-corrected chi connectivity index (χ1v) is 11.4. The lowest BCUT2D eigenvalue weighted by Gasteiger charge is -2.16. The van der Waals surface area contributed by atoms with Crippen LogP contribution in [-0.2, 0) is 22.5 Å². The highest BCUT2D eigenvalue weighted by Crippen LogP contribution is 2.32. The van der Waals surface area contributed by atoms with Crippen molar-refractivity contribution in [3.63, 3.8) is 0 Å². The molecular weight excluding hydrogens is 448 g/mol. The molecule has 3 heterocycles. The zero-order valence-corrected chi connectivity index (χ0v) is 18.9. The van der Waals surface area contributed by atoms with Gasteiger partial charge in [0.2, 0.25) is 5.91 Å². The Bertz CT molecular complexity index is 1280. The van der Waals surface area contributed by atoms with Crippen LogP contribution >= 0.6 is 0 Å². The van der Waals surface area contributed by atoms with E-state index in [4.69, 9.17) is 4.74 Å². The summed E-state index contributed by atoms with van der Waals surface area (Å²) in [7, 11) is 0. The standard InChI is InChI=1S/C25H26N6O4/c32-19(11-16-7-3-1-4-8-16)26-13-18-21(33)22(34)25(35-18)31-15-30-20-23(28-14-29-24(20)31)27-12-17-9-5-2-6-10-17/h1-10,14-15,18,21-22,25,33-34H,11-13H2,(H,26,32)(H,27,28,29)/t18-,21-,22-,25?/m1/s1. The number of nitrogens with one attached hydrogen (secondary N) is 2. The molecule has 1 unspecified atom stereocenters. The summed E-state index contributed by atoms with van der Waals surface area (Å²) in [6, 6.07) is 19.3. The van der Waals surface area contributed by atoms with Crippen molar-refractivity contribution in [2.75, 3.05) is 11.9 Å². The summed E-state index contributed by atoms with van der Waals surface area (Å²) < 4.78 is 7.51. The van der Waals surface area contributed by atoms with Gasteiger partial charge in [-0.15, -0.1) is 0 Å². The number of ether oxygens (including phenoxy) is 1. The number of hydrogen-bond acceptors (Lipinski definition) is 8. The van der Waals surface area contributed by atoms with Gasteiger partial charge in [0.1, 0.15) is 24.6 Å². The normalized spacial score (nSPS) is 21.8. The Morgan fingerprint density at radius 3 is 2.40 bits per heavy atom. The third kappa shape index (κ3) is 4.99. The fourth-order valence-corrected chi connectivity index (χ4v) is 4.14. The fourth-order valence-electron chi connectivity index (χ4n) is 4.14. The molecule has 1 aliphatic heterocycles. The molecule has 4 atom stereocenters. The van der Waals surface area contributed by atoms with Crippen LogP contribution < -0.4 is 10.6 Å². The number of carbonyl (C=O) groups is 1. The monoisotopic (exact) mass is 474 g/mol. The zero-order chi connectivity index (χ0) is 24.2. The van der Waals surface area contributed by atoms with Crippen LogP contribution in [-0.4, -0.2) is 60.5 Å². The Hall–Kier alpha value is -3.86. The lowest BCUT2D eigenvalue weighted by atomic mass is 10.1. The number of aliphatic hydroxyl groups excluding tert-OH is 2. The molecule has 1 amide bonds. The Labute approximate surface area is 201 Å². The maximum Gasteiger partial charge on any atom is 0.224 e. The molecule has 1 aliphatic rings. The van der Waals surface area contributed by atoms with Crippen LogP contribution in [0.4, 0.5) is 5.82 Å². The number of anilines is 1. The Kier molecular flexibility index (Phi) is 6.66. The SMILES string of the molecule is O=C(Cc1ccccc1)NC[C@H]1OC(n2cnc3c(NCc4ccccc4)ncnc32)[C@H](O)[C@@H]1O. The van der Waals surface area contributed by atoms with E-state index in [-0.39, 0.29) is 18.9 Å². The molecule has 2 aromatic heterocycles. The molecule has 0 aliphatic carbocycles. The molecule has 1 saturated heterocycles. The summed E-state index contributed by atoms with van der Waals surface area (Å²) in [5, 5.41) is 27.3.